The summed E-state index contributed by atoms with van der Waals surface area (Å²) in [4.78, 5) is 9.72. The highest BCUT2D eigenvalue weighted by Gasteiger charge is 2.37. The highest BCUT2D eigenvalue weighted by atomic mass is 16.5. The zero-order valence-corrected chi connectivity index (χ0v) is 20.9. The number of morpholine rings is 1. The molecule has 0 amide bonds. The number of hydrogen-bond acceptors (Lipinski definition) is 7. The van der Waals surface area contributed by atoms with E-state index in [2.05, 4.69) is 74.8 Å². The summed E-state index contributed by atoms with van der Waals surface area (Å²) in [6.45, 7) is 8.03. The predicted molar refractivity (Wildman–Crippen MR) is 143 cm³/mol. The average molecular weight is 483 g/mol. The molecule has 0 saturated carbocycles. The third-order valence-electron chi connectivity index (χ3n) is 8.03. The van der Waals surface area contributed by atoms with Crippen molar-refractivity contribution in [2.75, 3.05) is 49.5 Å². The van der Waals surface area contributed by atoms with Crippen LogP contribution in [-0.4, -0.2) is 67.3 Å². The van der Waals surface area contributed by atoms with Crippen molar-refractivity contribution in [3.05, 3.63) is 65.9 Å². The fourth-order valence-corrected chi connectivity index (χ4v) is 6.24. The Balaban J connectivity index is 1.16. The van der Waals surface area contributed by atoms with Crippen LogP contribution in [0, 0.1) is 11.3 Å². The van der Waals surface area contributed by atoms with E-state index in [4.69, 9.17) is 4.74 Å². The van der Waals surface area contributed by atoms with Gasteiger partial charge in [-0.1, -0.05) is 12.1 Å². The number of nitriles is 1. The molecular weight excluding hydrogens is 448 g/mol. The molecule has 0 unspecified atom stereocenters. The number of piperidine rings is 1. The van der Waals surface area contributed by atoms with Gasteiger partial charge in [0, 0.05) is 73.8 Å². The van der Waals surface area contributed by atoms with E-state index < -0.39 is 0 Å². The molecule has 0 radical (unpaired) electrons. The number of pyridine rings is 1. The second kappa shape index (κ2) is 10.1. The number of ether oxygens (including phenoxy) is 1. The number of aromatic nitrogens is 1. The molecule has 7 nitrogen and oxygen atoms in total. The SMILES string of the molecule is C[C@@H]1CN(c2ccc(C#N)c3ncccc23)C[C@@H]2C[C@H](Nc3ccc([C@H]4CNCCO4)cc3)CCN21. The molecule has 1 aromatic heterocycles. The van der Waals surface area contributed by atoms with Gasteiger partial charge in [0.1, 0.15) is 6.07 Å². The van der Waals surface area contributed by atoms with E-state index in [0.717, 1.165) is 63.1 Å². The molecular formula is C29H34N6O. The van der Waals surface area contributed by atoms with Gasteiger partial charge in [-0.05, 0) is 61.7 Å². The molecule has 0 aliphatic carbocycles. The van der Waals surface area contributed by atoms with Crippen molar-refractivity contribution in [3.8, 4) is 6.07 Å². The molecule has 3 aliphatic heterocycles. The van der Waals surface area contributed by atoms with Crippen LogP contribution >= 0.6 is 0 Å². The molecule has 36 heavy (non-hydrogen) atoms. The topological polar surface area (TPSA) is 76.5 Å². The largest absolute Gasteiger partial charge is 0.382 e. The molecule has 2 aromatic carbocycles. The number of nitrogens with zero attached hydrogens (tertiary/aromatic N) is 4. The van der Waals surface area contributed by atoms with Gasteiger partial charge in [-0.25, -0.2) is 0 Å². The summed E-state index contributed by atoms with van der Waals surface area (Å²) in [5.74, 6) is 0. The number of benzene rings is 2. The van der Waals surface area contributed by atoms with E-state index in [0.29, 0.717) is 23.7 Å². The zero-order valence-electron chi connectivity index (χ0n) is 20.9. The molecule has 3 aliphatic rings. The number of anilines is 2. The highest BCUT2D eigenvalue weighted by molar-refractivity contribution is 5.95. The van der Waals surface area contributed by atoms with Crippen molar-refractivity contribution >= 4 is 22.3 Å². The molecule has 3 fully saturated rings. The van der Waals surface area contributed by atoms with E-state index in [1.807, 2.05) is 12.1 Å². The highest BCUT2D eigenvalue weighted by Crippen LogP contribution is 2.34. The normalized spacial score (nSPS) is 26.8. The number of fused-ring (bicyclic) bond motifs is 2. The number of rotatable bonds is 4. The maximum Gasteiger partial charge on any atom is 0.101 e. The van der Waals surface area contributed by atoms with Crippen LogP contribution in [0.3, 0.4) is 0 Å². The van der Waals surface area contributed by atoms with Crippen LogP contribution in [0.25, 0.3) is 10.9 Å². The monoisotopic (exact) mass is 482 g/mol. The van der Waals surface area contributed by atoms with Crippen molar-refractivity contribution in [1.29, 1.82) is 5.26 Å². The summed E-state index contributed by atoms with van der Waals surface area (Å²) < 4.78 is 5.90. The van der Waals surface area contributed by atoms with E-state index in [-0.39, 0.29) is 6.10 Å². The first kappa shape index (κ1) is 23.2. The van der Waals surface area contributed by atoms with Crippen LogP contribution in [-0.2, 0) is 4.74 Å². The van der Waals surface area contributed by atoms with Crippen LogP contribution in [0.5, 0.6) is 0 Å². The summed E-state index contributed by atoms with van der Waals surface area (Å²) in [6, 6.07) is 20.6. The van der Waals surface area contributed by atoms with E-state index in [9.17, 15) is 5.26 Å². The van der Waals surface area contributed by atoms with Crippen molar-refractivity contribution < 1.29 is 4.74 Å². The standard InChI is InChI=1S/C29H34N6O/c1-20-18-34(27-9-6-22(16-30)29-26(27)3-2-11-32-29)19-25-15-24(10-13-35(20)25)33-23-7-4-21(5-8-23)28-17-31-12-14-36-28/h2-9,11,20,24-25,28,31,33H,10,12-15,17-19H2,1H3/t20-,24-,25+,28-/m1/s1. The summed E-state index contributed by atoms with van der Waals surface area (Å²) in [5, 5.41) is 17.8. The molecule has 4 heterocycles. The molecule has 2 N–H and O–H groups in total. The fourth-order valence-electron chi connectivity index (χ4n) is 6.24. The summed E-state index contributed by atoms with van der Waals surface area (Å²) >= 11 is 0. The van der Waals surface area contributed by atoms with Crippen molar-refractivity contribution in [3.63, 3.8) is 0 Å². The number of nitrogens with one attached hydrogen (secondary N) is 2. The Bertz CT molecular complexity index is 1250. The molecule has 0 bridgehead atoms. The molecule has 6 rings (SSSR count). The number of piperazine rings is 1. The summed E-state index contributed by atoms with van der Waals surface area (Å²) in [7, 11) is 0. The van der Waals surface area contributed by atoms with Crippen LogP contribution < -0.4 is 15.5 Å². The Morgan fingerprint density at radius 1 is 1.14 bits per heavy atom. The first-order valence-electron chi connectivity index (χ1n) is 13.2. The van der Waals surface area contributed by atoms with Gasteiger partial charge < -0.3 is 20.3 Å². The van der Waals surface area contributed by atoms with Gasteiger partial charge in [-0.3, -0.25) is 9.88 Å². The summed E-state index contributed by atoms with van der Waals surface area (Å²) in [6.07, 6.45) is 4.20. The summed E-state index contributed by atoms with van der Waals surface area (Å²) in [5.41, 5.74) is 5.05. The Labute approximate surface area is 213 Å². The van der Waals surface area contributed by atoms with Gasteiger partial charge >= 0.3 is 0 Å². The van der Waals surface area contributed by atoms with Gasteiger partial charge in [0.05, 0.1) is 23.8 Å². The Morgan fingerprint density at radius 3 is 2.83 bits per heavy atom. The lowest BCUT2D eigenvalue weighted by molar-refractivity contribution is 0.0277. The molecule has 4 atom stereocenters. The lowest BCUT2D eigenvalue weighted by Gasteiger charge is -2.50. The zero-order chi connectivity index (χ0) is 24.5. The van der Waals surface area contributed by atoms with Gasteiger partial charge in [0.2, 0.25) is 0 Å². The Kier molecular flexibility index (Phi) is 6.49. The van der Waals surface area contributed by atoms with Crippen LogP contribution in [0.2, 0.25) is 0 Å². The van der Waals surface area contributed by atoms with Gasteiger partial charge in [-0.2, -0.15) is 5.26 Å². The molecule has 7 heteroatoms. The second-order valence-electron chi connectivity index (χ2n) is 10.3. The van der Waals surface area contributed by atoms with Crippen LogP contribution in [0.15, 0.2) is 54.7 Å². The van der Waals surface area contributed by atoms with Gasteiger partial charge in [-0.15, -0.1) is 0 Å². The molecule has 0 spiro atoms. The maximum absolute atomic E-state index is 9.54. The average Bonchev–Trinajstić information content (AvgIpc) is 2.93. The molecule has 3 saturated heterocycles. The van der Waals surface area contributed by atoms with Crippen LogP contribution in [0.4, 0.5) is 11.4 Å². The van der Waals surface area contributed by atoms with Crippen LogP contribution in [0.1, 0.15) is 37.0 Å². The van der Waals surface area contributed by atoms with Crippen molar-refractivity contribution in [1.82, 2.24) is 15.2 Å². The van der Waals surface area contributed by atoms with E-state index in [1.165, 1.54) is 16.9 Å². The maximum atomic E-state index is 9.54. The molecule has 3 aromatic rings. The minimum Gasteiger partial charge on any atom is -0.382 e. The number of hydrogen-bond donors (Lipinski definition) is 2. The van der Waals surface area contributed by atoms with Crippen molar-refractivity contribution in [2.45, 2.75) is 44.0 Å². The van der Waals surface area contributed by atoms with Gasteiger partial charge in [0.15, 0.2) is 0 Å². The predicted octanol–water partition coefficient (Wildman–Crippen LogP) is 3.92. The minimum atomic E-state index is 0.152. The smallest absolute Gasteiger partial charge is 0.101 e. The van der Waals surface area contributed by atoms with Crippen molar-refractivity contribution in [2.24, 2.45) is 0 Å². The van der Waals surface area contributed by atoms with E-state index in [1.54, 1.807) is 6.20 Å². The lowest BCUT2D eigenvalue weighted by Crippen LogP contribution is -2.61. The van der Waals surface area contributed by atoms with Gasteiger partial charge in [0.25, 0.3) is 0 Å². The van der Waals surface area contributed by atoms with E-state index >= 15 is 0 Å². The Morgan fingerprint density at radius 2 is 2.03 bits per heavy atom. The third kappa shape index (κ3) is 4.53. The first-order chi connectivity index (χ1) is 17.7. The lowest BCUT2D eigenvalue weighted by atomic mass is 9.91. The second-order valence-corrected chi connectivity index (χ2v) is 10.3. The third-order valence-corrected chi connectivity index (χ3v) is 8.03. The fraction of sp³-hybridized carbons (Fsp3) is 0.448. The first-order valence-corrected chi connectivity index (χ1v) is 13.2. The minimum absolute atomic E-state index is 0.152. The molecule has 186 valence electrons. The quantitative estimate of drug-likeness (QED) is 0.584. The Hall–Kier alpha value is -3.18.